The number of esters is 1. The van der Waals surface area contributed by atoms with Crippen molar-refractivity contribution in [3.8, 4) is 0 Å². The third-order valence-electron chi connectivity index (χ3n) is 1.82. The van der Waals surface area contributed by atoms with E-state index in [1.54, 1.807) is 6.92 Å². The van der Waals surface area contributed by atoms with Crippen LogP contribution in [0.4, 0.5) is 0 Å². The molecule has 3 nitrogen and oxygen atoms in total. The summed E-state index contributed by atoms with van der Waals surface area (Å²) in [7, 11) is 0. The maximum absolute atomic E-state index is 10.9. The average Bonchev–Trinajstić information content (AvgIpc) is 2.30. The van der Waals surface area contributed by atoms with Gasteiger partial charge < -0.3 is 9.84 Å². The van der Waals surface area contributed by atoms with E-state index >= 15 is 0 Å². The molecule has 0 amide bonds. The molecule has 1 N–H and O–H groups in total. The van der Waals surface area contributed by atoms with Gasteiger partial charge in [-0.3, -0.25) is 0 Å². The van der Waals surface area contributed by atoms with Crippen molar-refractivity contribution >= 4 is 5.97 Å². The fourth-order valence-corrected chi connectivity index (χ4v) is 1.13. The van der Waals surface area contributed by atoms with Gasteiger partial charge in [-0.25, -0.2) is 4.79 Å². The summed E-state index contributed by atoms with van der Waals surface area (Å²) in [6.45, 7) is 3.97. The Morgan fingerprint density at radius 1 is 1.73 bits per heavy atom. The molecule has 0 bridgehead atoms. The van der Waals surface area contributed by atoms with Crippen molar-refractivity contribution < 1.29 is 14.6 Å². The predicted molar refractivity (Wildman–Crippen MR) is 40.0 cm³/mol. The minimum Gasteiger partial charge on any atom is -0.458 e. The Balaban J connectivity index is 2.82. The first-order chi connectivity index (χ1) is 5.16. The third-order valence-corrected chi connectivity index (χ3v) is 1.82. The van der Waals surface area contributed by atoms with Gasteiger partial charge in [-0.05, 0) is 18.9 Å². The summed E-state index contributed by atoms with van der Waals surface area (Å²) in [6.07, 6.45) is -0.0908. The Hall–Kier alpha value is -0.830. The van der Waals surface area contributed by atoms with Crippen LogP contribution in [-0.4, -0.2) is 23.8 Å². The topological polar surface area (TPSA) is 46.5 Å². The minimum absolute atomic E-state index is 0.339. The molecule has 1 heterocycles. The number of ether oxygens (including phenoxy) is 1. The molecular weight excluding hydrogens is 144 g/mol. The highest BCUT2D eigenvalue weighted by molar-refractivity contribution is 5.92. The number of aliphatic hydroxyl groups is 1. The summed E-state index contributed by atoms with van der Waals surface area (Å²) < 4.78 is 4.73. The van der Waals surface area contributed by atoms with Crippen LogP contribution < -0.4 is 0 Å². The SMILES string of the molecule is CCC(O)C1=C(C)COC1=O. The summed E-state index contributed by atoms with van der Waals surface area (Å²) in [5, 5.41) is 9.34. The smallest absolute Gasteiger partial charge is 0.337 e. The standard InChI is InChI=1S/C8H12O3/c1-3-6(9)7-5(2)4-11-8(7)10/h6,9H,3-4H2,1-2H3. The average molecular weight is 156 g/mol. The molecule has 62 valence electrons. The molecule has 1 aliphatic heterocycles. The van der Waals surface area contributed by atoms with E-state index in [-0.39, 0.29) is 5.97 Å². The fourth-order valence-electron chi connectivity index (χ4n) is 1.13. The molecule has 0 radical (unpaired) electrons. The van der Waals surface area contributed by atoms with Crippen LogP contribution >= 0.6 is 0 Å². The first-order valence-electron chi connectivity index (χ1n) is 3.71. The van der Waals surface area contributed by atoms with Crippen molar-refractivity contribution in [1.29, 1.82) is 0 Å². The molecule has 0 aliphatic carbocycles. The summed E-state index contributed by atoms with van der Waals surface area (Å²) in [4.78, 5) is 10.9. The zero-order chi connectivity index (χ0) is 8.43. The Morgan fingerprint density at radius 2 is 2.36 bits per heavy atom. The van der Waals surface area contributed by atoms with Gasteiger partial charge in [0.05, 0.1) is 11.7 Å². The van der Waals surface area contributed by atoms with Crippen LogP contribution in [0.3, 0.4) is 0 Å². The van der Waals surface area contributed by atoms with Gasteiger partial charge in [0, 0.05) is 0 Å². The lowest BCUT2D eigenvalue weighted by molar-refractivity contribution is -0.136. The van der Waals surface area contributed by atoms with E-state index in [1.165, 1.54) is 0 Å². The van der Waals surface area contributed by atoms with Crippen molar-refractivity contribution in [2.24, 2.45) is 0 Å². The summed E-state index contributed by atoms with van der Waals surface area (Å²) in [6, 6.07) is 0. The van der Waals surface area contributed by atoms with Gasteiger partial charge in [0.15, 0.2) is 0 Å². The molecule has 0 saturated heterocycles. The second kappa shape index (κ2) is 3.05. The molecule has 1 rings (SSSR count). The zero-order valence-electron chi connectivity index (χ0n) is 6.76. The van der Waals surface area contributed by atoms with Crippen LogP contribution in [0.2, 0.25) is 0 Å². The molecule has 1 aliphatic rings. The van der Waals surface area contributed by atoms with Gasteiger partial charge in [0.2, 0.25) is 0 Å². The molecule has 0 aromatic rings. The third kappa shape index (κ3) is 1.43. The first kappa shape index (κ1) is 8.27. The molecule has 0 aromatic carbocycles. The van der Waals surface area contributed by atoms with Crippen LogP contribution in [0.15, 0.2) is 11.1 Å². The fraction of sp³-hybridized carbons (Fsp3) is 0.625. The number of rotatable bonds is 2. The van der Waals surface area contributed by atoms with Crippen molar-refractivity contribution in [2.75, 3.05) is 6.61 Å². The molecule has 0 aromatic heterocycles. The lowest BCUT2D eigenvalue weighted by Crippen LogP contribution is -2.15. The Labute approximate surface area is 65.7 Å². The lowest BCUT2D eigenvalue weighted by atomic mass is 10.0. The molecular formula is C8H12O3. The molecule has 1 atom stereocenters. The Bertz CT molecular complexity index is 205. The van der Waals surface area contributed by atoms with E-state index in [1.807, 2.05) is 6.92 Å². The zero-order valence-corrected chi connectivity index (χ0v) is 6.76. The molecule has 11 heavy (non-hydrogen) atoms. The van der Waals surface area contributed by atoms with E-state index in [0.29, 0.717) is 18.6 Å². The largest absolute Gasteiger partial charge is 0.458 e. The van der Waals surface area contributed by atoms with E-state index in [2.05, 4.69) is 0 Å². The number of cyclic esters (lactones) is 1. The first-order valence-corrected chi connectivity index (χ1v) is 3.71. The van der Waals surface area contributed by atoms with Crippen molar-refractivity contribution in [2.45, 2.75) is 26.4 Å². The number of carbonyl (C=O) groups is 1. The lowest BCUT2D eigenvalue weighted by Gasteiger charge is -2.05. The van der Waals surface area contributed by atoms with Crippen LogP contribution in [0.1, 0.15) is 20.3 Å². The van der Waals surface area contributed by atoms with Crippen LogP contribution in [-0.2, 0) is 9.53 Å². The second-order valence-electron chi connectivity index (χ2n) is 2.69. The second-order valence-corrected chi connectivity index (χ2v) is 2.69. The quantitative estimate of drug-likeness (QED) is 0.596. The van der Waals surface area contributed by atoms with Crippen LogP contribution in [0, 0.1) is 0 Å². The van der Waals surface area contributed by atoms with Crippen molar-refractivity contribution in [3.63, 3.8) is 0 Å². The molecule has 3 heteroatoms. The number of hydrogen-bond donors (Lipinski definition) is 1. The Kier molecular flexibility index (Phi) is 2.29. The summed E-state index contributed by atoms with van der Waals surface area (Å²) in [5.74, 6) is -0.364. The van der Waals surface area contributed by atoms with E-state index in [4.69, 9.17) is 4.74 Å². The normalized spacial score (nSPS) is 20.5. The number of hydrogen-bond acceptors (Lipinski definition) is 3. The van der Waals surface area contributed by atoms with Gasteiger partial charge in [-0.2, -0.15) is 0 Å². The van der Waals surface area contributed by atoms with Gasteiger partial charge >= 0.3 is 5.97 Å². The van der Waals surface area contributed by atoms with Gasteiger partial charge in [-0.15, -0.1) is 0 Å². The molecule has 1 unspecified atom stereocenters. The van der Waals surface area contributed by atoms with Crippen LogP contribution in [0.25, 0.3) is 0 Å². The van der Waals surface area contributed by atoms with Crippen molar-refractivity contribution in [1.82, 2.24) is 0 Å². The maximum atomic E-state index is 10.9. The predicted octanol–water partition coefficient (Wildman–Crippen LogP) is 0.631. The summed E-state index contributed by atoms with van der Waals surface area (Å²) in [5.41, 5.74) is 1.30. The van der Waals surface area contributed by atoms with Gasteiger partial charge in [-0.1, -0.05) is 6.92 Å². The highest BCUT2D eigenvalue weighted by Gasteiger charge is 2.26. The Morgan fingerprint density at radius 3 is 2.73 bits per heavy atom. The number of carbonyl (C=O) groups excluding carboxylic acids is 1. The maximum Gasteiger partial charge on any atom is 0.337 e. The van der Waals surface area contributed by atoms with Gasteiger partial charge in [0.25, 0.3) is 0 Å². The van der Waals surface area contributed by atoms with E-state index < -0.39 is 6.10 Å². The van der Waals surface area contributed by atoms with E-state index in [0.717, 1.165) is 5.57 Å². The molecule has 0 spiro atoms. The highest BCUT2D eigenvalue weighted by atomic mass is 16.5. The number of aliphatic hydroxyl groups excluding tert-OH is 1. The minimum atomic E-state index is -0.648. The molecule has 0 saturated carbocycles. The van der Waals surface area contributed by atoms with Gasteiger partial charge in [0.1, 0.15) is 6.61 Å². The van der Waals surface area contributed by atoms with Crippen molar-refractivity contribution in [3.05, 3.63) is 11.1 Å². The van der Waals surface area contributed by atoms with E-state index in [9.17, 15) is 9.90 Å². The molecule has 0 fully saturated rings. The monoisotopic (exact) mass is 156 g/mol. The highest BCUT2D eigenvalue weighted by Crippen LogP contribution is 2.19. The summed E-state index contributed by atoms with van der Waals surface area (Å²) >= 11 is 0. The van der Waals surface area contributed by atoms with Crippen LogP contribution in [0.5, 0.6) is 0 Å².